The summed E-state index contributed by atoms with van der Waals surface area (Å²) in [5, 5.41) is 9.18. The summed E-state index contributed by atoms with van der Waals surface area (Å²) in [6.07, 6.45) is 0.636. The van der Waals surface area contributed by atoms with Gasteiger partial charge in [0.2, 0.25) is 5.95 Å². The molecule has 1 aromatic heterocycles. The Kier molecular flexibility index (Phi) is 5.14. The summed E-state index contributed by atoms with van der Waals surface area (Å²) in [6.45, 7) is 0.349. The van der Waals surface area contributed by atoms with E-state index in [0.717, 1.165) is 5.56 Å². The second-order valence-corrected chi connectivity index (χ2v) is 9.31. The first-order valence-electron chi connectivity index (χ1n) is 10.1. The third-order valence-corrected chi connectivity index (χ3v) is 7.17. The summed E-state index contributed by atoms with van der Waals surface area (Å²) in [4.78, 5) is 16.9. The number of amides is 1. The molecule has 0 bridgehead atoms. The number of nitrogens with one attached hydrogen (secondary N) is 2. The molecule has 0 radical (unpaired) electrons. The van der Waals surface area contributed by atoms with Gasteiger partial charge >= 0.3 is 0 Å². The van der Waals surface area contributed by atoms with Gasteiger partial charge in [0.15, 0.2) is 5.82 Å². The van der Waals surface area contributed by atoms with Gasteiger partial charge in [-0.25, -0.2) is 12.8 Å². The highest BCUT2D eigenvalue weighted by atomic mass is 32.2. The van der Waals surface area contributed by atoms with Crippen molar-refractivity contribution in [2.24, 2.45) is 0 Å². The molecule has 10 heteroatoms. The molecule has 4 aromatic rings. The lowest BCUT2D eigenvalue weighted by Gasteiger charge is -2.19. The molecule has 1 aliphatic heterocycles. The molecule has 2 N–H and O–H groups in total. The Hall–Kier alpha value is -4.05. The number of aromatic nitrogens is 3. The van der Waals surface area contributed by atoms with Crippen molar-refractivity contribution in [1.29, 1.82) is 0 Å². The topological polar surface area (TPSA) is 108 Å². The Labute approximate surface area is 189 Å². The van der Waals surface area contributed by atoms with Crippen molar-refractivity contribution in [3.05, 3.63) is 89.7 Å². The van der Waals surface area contributed by atoms with E-state index in [-0.39, 0.29) is 22.2 Å². The molecule has 0 saturated carbocycles. The largest absolute Gasteiger partial charge is 0.289 e. The lowest BCUT2D eigenvalue weighted by Crippen LogP contribution is -2.29. The van der Waals surface area contributed by atoms with E-state index in [9.17, 15) is 17.6 Å². The number of para-hydroxylation sites is 1. The van der Waals surface area contributed by atoms with E-state index in [2.05, 4.69) is 20.5 Å². The number of anilines is 2. The van der Waals surface area contributed by atoms with Gasteiger partial charge in [-0.3, -0.25) is 19.5 Å². The molecule has 3 aromatic carbocycles. The first-order chi connectivity index (χ1) is 15.9. The van der Waals surface area contributed by atoms with E-state index >= 15 is 0 Å². The van der Waals surface area contributed by atoms with Crippen LogP contribution in [-0.2, 0) is 16.4 Å². The number of fused-ring (bicyclic) bond motifs is 1. The number of halogens is 1. The van der Waals surface area contributed by atoms with Crippen molar-refractivity contribution in [2.75, 3.05) is 16.2 Å². The van der Waals surface area contributed by atoms with Gasteiger partial charge in [0.25, 0.3) is 15.9 Å². The molecule has 8 nitrogen and oxygen atoms in total. The number of carbonyl (C=O) groups excluding carboxylic acids is 1. The Bertz CT molecular complexity index is 1450. The van der Waals surface area contributed by atoms with E-state index in [1.165, 1.54) is 52.8 Å². The molecule has 0 atom stereocenters. The molecule has 0 fully saturated rings. The number of nitrogens with zero attached hydrogens (tertiary/aromatic N) is 3. The standard InChI is InChI=1S/C23H18FN5O3S/c24-18-10-8-16(9-11-18)21-25-23(28-27-21)26-22(30)17-5-3-6-19(14-17)33(31,32)29-13-12-15-4-1-2-7-20(15)29/h1-11,14H,12-13H2,(H2,25,26,27,28,30). The van der Waals surface area contributed by atoms with Gasteiger partial charge in [-0.1, -0.05) is 24.3 Å². The van der Waals surface area contributed by atoms with Gasteiger partial charge in [-0.15, -0.1) is 5.10 Å². The summed E-state index contributed by atoms with van der Waals surface area (Å²) < 4.78 is 41.0. The van der Waals surface area contributed by atoms with Crippen LogP contribution in [0.4, 0.5) is 16.0 Å². The SMILES string of the molecule is O=C(Nc1n[nH]c(-c2ccc(F)cc2)n1)c1cccc(S(=O)(=O)N2CCc3ccccc32)c1. The van der Waals surface area contributed by atoms with Crippen LogP contribution in [0.1, 0.15) is 15.9 Å². The van der Waals surface area contributed by atoms with E-state index in [4.69, 9.17) is 0 Å². The number of hydrogen-bond donors (Lipinski definition) is 2. The number of aromatic amines is 1. The Morgan fingerprint density at radius 3 is 2.64 bits per heavy atom. The maximum atomic E-state index is 13.3. The fourth-order valence-electron chi connectivity index (χ4n) is 3.71. The van der Waals surface area contributed by atoms with Gasteiger partial charge in [-0.2, -0.15) is 4.98 Å². The Morgan fingerprint density at radius 1 is 1.03 bits per heavy atom. The summed E-state index contributed by atoms with van der Waals surface area (Å²) in [5.41, 5.74) is 2.37. The lowest BCUT2D eigenvalue weighted by molar-refractivity contribution is 0.102. The molecular weight excluding hydrogens is 445 g/mol. The second-order valence-electron chi connectivity index (χ2n) is 7.45. The normalized spacial score (nSPS) is 13.1. The van der Waals surface area contributed by atoms with Crippen LogP contribution in [0.3, 0.4) is 0 Å². The van der Waals surface area contributed by atoms with Crippen LogP contribution >= 0.6 is 0 Å². The van der Waals surface area contributed by atoms with Crippen molar-refractivity contribution < 1.29 is 17.6 Å². The van der Waals surface area contributed by atoms with Gasteiger partial charge in [-0.05, 0) is 60.5 Å². The average Bonchev–Trinajstić information content (AvgIpc) is 3.47. The van der Waals surface area contributed by atoms with Crippen LogP contribution < -0.4 is 9.62 Å². The molecule has 0 spiro atoms. The zero-order valence-corrected chi connectivity index (χ0v) is 18.0. The van der Waals surface area contributed by atoms with Crippen molar-refractivity contribution in [2.45, 2.75) is 11.3 Å². The Morgan fingerprint density at radius 2 is 1.82 bits per heavy atom. The number of sulfonamides is 1. The molecule has 0 aliphatic carbocycles. The molecule has 33 heavy (non-hydrogen) atoms. The molecule has 166 valence electrons. The highest BCUT2D eigenvalue weighted by Gasteiger charge is 2.31. The summed E-state index contributed by atoms with van der Waals surface area (Å²) in [7, 11) is -3.83. The molecular formula is C23H18FN5O3S. The van der Waals surface area contributed by atoms with Crippen molar-refractivity contribution >= 4 is 27.6 Å². The number of benzene rings is 3. The van der Waals surface area contributed by atoms with E-state index < -0.39 is 15.9 Å². The third kappa shape index (κ3) is 3.96. The fourth-order valence-corrected chi connectivity index (χ4v) is 5.26. The van der Waals surface area contributed by atoms with E-state index in [0.29, 0.717) is 30.0 Å². The second kappa shape index (κ2) is 8.14. The molecule has 1 amide bonds. The minimum atomic E-state index is -3.83. The number of H-pyrrole nitrogens is 1. The molecule has 2 heterocycles. The molecule has 5 rings (SSSR count). The first-order valence-corrected chi connectivity index (χ1v) is 11.6. The molecule has 0 saturated heterocycles. The number of rotatable bonds is 5. The van der Waals surface area contributed by atoms with Gasteiger partial charge in [0, 0.05) is 17.7 Å². The third-order valence-electron chi connectivity index (χ3n) is 5.36. The quantitative estimate of drug-likeness (QED) is 0.470. The van der Waals surface area contributed by atoms with Crippen molar-refractivity contribution in [1.82, 2.24) is 15.2 Å². The van der Waals surface area contributed by atoms with Gasteiger partial charge < -0.3 is 0 Å². The van der Waals surface area contributed by atoms with Crippen molar-refractivity contribution in [3.63, 3.8) is 0 Å². The maximum absolute atomic E-state index is 13.3. The van der Waals surface area contributed by atoms with Crippen LogP contribution in [0.2, 0.25) is 0 Å². The van der Waals surface area contributed by atoms with Gasteiger partial charge in [0.05, 0.1) is 10.6 Å². The monoisotopic (exact) mass is 463 g/mol. The van der Waals surface area contributed by atoms with E-state index in [1.807, 2.05) is 12.1 Å². The van der Waals surface area contributed by atoms with Crippen LogP contribution in [-0.4, -0.2) is 36.1 Å². The van der Waals surface area contributed by atoms with E-state index in [1.54, 1.807) is 12.1 Å². The minimum Gasteiger partial charge on any atom is -0.289 e. The predicted octanol–water partition coefficient (Wildman–Crippen LogP) is 3.61. The predicted molar refractivity (Wildman–Crippen MR) is 121 cm³/mol. The number of carbonyl (C=O) groups is 1. The van der Waals surface area contributed by atoms with Crippen molar-refractivity contribution in [3.8, 4) is 11.4 Å². The smallest absolute Gasteiger partial charge is 0.264 e. The Balaban J connectivity index is 1.36. The zero-order chi connectivity index (χ0) is 23.0. The maximum Gasteiger partial charge on any atom is 0.264 e. The van der Waals surface area contributed by atoms with Crippen LogP contribution in [0, 0.1) is 5.82 Å². The van der Waals surface area contributed by atoms with Crippen LogP contribution in [0.15, 0.2) is 77.7 Å². The highest BCUT2D eigenvalue weighted by Crippen LogP contribution is 2.32. The first kappa shape index (κ1) is 20.8. The number of hydrogen-bond acceptors (Lipinski definition) is 5. The highest BCUT2D eigenvalue weighted by molar-refractivity contribution is 7.92. The minimum absolute atomic E-state index is 0.0149. The lowest BCUT2D eigenvalue weighted by atomic mass is 10.2. The zero-order valence-electron chi connectivity index (χ0n) is 17.2. The van der Waals surface area contributed by atoms with Gasteiger partial charge in [0.1, 0.15) is 5.82 Å². The summed E-state index contributed by atoms with van der Waals surface area (Å²) >= 11 is 0. The molecule has 1 aliphatic rings. The molecule has 0 unspecified atom stereocenters. The van der Waals surface area contributed by atoms with Crippen LogP contribution in [0.25, 0.3) is 11.4 Å². The van der Waals surface area contributed by atoms with Crippen LogP contribution in [0.5, 0.6) is 0 Å². The summed E-state index contributed by atoms with van der Waals surface area (Å²) in [6, 6.07) is 18.8. The fraction of sp³-hybridized carbons (Fsp3) is 0.0870. The summed E-state index contributed by atoms with van der Waals surface area (Å²) in [5.74, 6) is -0.562. The average molecular weight is 463 g/mol.